The van der Waals surface area contributed by atoms with Gasteiger partial charge in [-0.05, 0) is 77.0 Å². The van der Waals surface area contributed by atoms with E-state index in [0.29, 0.717) is 17.4 Å². The van der Waals surface area contributed by atoms with Crippen LogP contribution in [-0.2, 0) is 18.4 Å². The van der Waals surface area contributed by atoms with Crippen molar-refractivity contribution >= 4 is 13.7 Å². The van der Waals surface area contributed by atoms with Crippen LogP contribution in [0.3, 0.4) is 0 Å². The molecule has 0 fully saturated rings. The maximum Gasteiger partial charge on any atom is 0.472 e. The molecule has 0 aromatic rings. The summed E-state index contributed by atoms with van der Waals surface area (Å²) in [5.74, 6) is -0.192. The Morgan fingerprint density at radius 2 is 0.953 bits per heavy atom. The van der Waals surface area contributed by atoms with Gasteiger partial charge in [-0.3, -0.25) is 13.8 Å². The number of nitrogens with zero attached hydrogens (tertiary/aromatic N) is 1. The number of quaternary nitrogens is 1. The fraction of sp³-hybridized carbons (Fsp3) is 0.727. The smallest absolute Gasteiger partial charge is 0.387 e. The van der Waals surface area contributed by atoms with Crippen LogP contribution in [0.5, 0.6) is 0 Å². The summed E-state index contributed by atoms with van der Waals surface area (Å²) in [6, 6.07) is -0.864. The van der Waals surface area contributed by atoms with Gasteiger partial charge in [0.05, 0.1) is 39.9 Å². The molecule has 0 radical (unpaired) electrons. The number of unbranched alkanes of at least 4 members (excludes halogenated alkanes) is 21. The number of allylic oxidation sites excluding steroid dienone is 13. The first kappa shape index (κ1) is 61.7. The summed E-state index contributed by atoms with van der Waals surface area (Å²) < 4.78 is 23.5. The Labute approximate surface area is 395 Å². The highest BCUT2D eigenvalue weighted by molar-refractivity contribution is 7.47. The van der Waals surface area contributed by atoms with Gasteiger partial charge < -0.3 is 19.8 Å². The molecule has 0 rings (SSSR count). The number of likely N-dealkylation sites (N-methyl/N-ethyl adjacent to an activating group) is 1. The summed E-state index contributed by atoms with van der Waals surface area (Å²) in [4.78, 5) is 23.1. The monoisotopic (exact) mass is 916 g/mol. The molecule has 0 aliphatic heterocycles. The van der Waals surface area contributed by atoms with Crippen LogP contribution in [0.1, 0.15) is 206 Å². The van der Waals surface area contributed by atoms with E-state index >= 15 is 0 Å². The Kier molecular flexibility index (Phi) is 44.2. The second kappa shape index (κ2) is 45.8. The van der Waals surface area contributed by atoms with Gasteiger partial charge in [-0.25, -0.2) is 4.57 Å². The van der Waals surface area contributed by atoms with Gasteiger partial charge in [0.1, 0.15) is 13.2 Å². The van der Waals surface area contributed by atoms with Crippen LogP contribution >= 0.6 is 7.82 Å². The zero-order valence-electron chi connectivity index (χ0n) is 42.0. The summed E-state index contributed by atoms with van der Waals surface area (Å²) >= 11 is 0. The third-order valence-electron chi connectivity index (χ3n) is 11.1. The molecule has 9 heteroatoms. The zero-order valence-corrected chi connectivity index (χ0v) is 42.9. The van der Waals surface area contributed by atoms with E-state index in [4.69, 9.17) is 9.05 Å². The third kappa shape index (κ3) is 47.6. The van der Waals surface area contributed by atoms with Gasteiger partial charge in [-0.1, -0.05) is 208 Å². The van der Waals surface area contributed by atoms with Crippen LogP contribution in [0.4, 0.5) is 0 Å². The van der Waals surface area contributed by atoms with Gasteiger partial charge in [-0.2, -0.15) is 0 Å². The molecule has 0 spiro atoms. The van der Waals surface area contributed by atoms with Gasteiger partial charge in [0.25, 0.3) is 0 Å². The lowest BCUT2D eigenvalue weighted by molar-refractivity contribution is -0.870. The summed E-state index contributed by atoms with van der Waals surface area (Å²) in [5.41, 5.74) is 0. The van der Waals surface area contributed by atoms with Gasteiger partial charge in [0.2, 0.25) is 5.91 Å². The highest BCUT2D eigenvalue weighted by Gasteiger charge is 2.27. The summed E-state index contributed by atoms with van der Waals surface area (Å²) in [6.45, 7) is 4.62. The van der Waals surface area contributed by atoms with E-state index < -0.39 is 20.0 Å². The highest BCUT2D eigenvalue weighted by Crippen LogP contribution is 2.43. The van der Waals surface area contributed by atoms with Gasteiger partial charge in [-0.15, -0.1) is 0 Å². The molecule has 0 aliphatic rings. The number of carbonyl (C=O) groups is 1. The number of phosphoric acid groups is 1. The molecule has 64 heavy (non-hydrogen) atoms. The van der Waals surface area contributed by atoms with Crippen LogP contribution in [0.25, 0.3) is 0 Å². The summed E-state index contributed by atoms with van der Waals surface area (Å²) in [7, 11) is 1.55. The van der Waals surface area contributed by atoms with Crippen molar-refractivity contribution in [2.75, 3.05) is 40.9 Å². The maximum atomic E-state index is 12.9. The van der Waals surface area contributed by atoms with Crippen LogP contribution in [0.15, 0.2) is 85.1 Å². The van der Waals surface area contributed by atoms with Crippen molar-refractivity contribution in [1.82, 2.24) is 5.32 Å². The quantitative estimate of drug-likeness (QED) is 0.0243. The van der Waals surface area contributed by atoms with E-state index in [0.717, 1.165) is 70.6 Å². The van der Waals surface area contributed by atoms with Crippen molar-refractivity contribution in [1.29, 1.82) is 0 Å². The molecule has 370 valence electrons. The average molecular weight is 916 g/mol. The molecular formula is C55H100N2O6P+. The van der Waals surface area contributed by atoms with Gasteiger partial charge >= 0.3 is 7.82 Å². The molecule has 0 aliphatic carbocycles. The number of nitrogens with one attached hydrogen (secondary N) is 1. The number of aliphatic hydroxyl groups is 1. The number of hydrogen-bond acceptors (Lipinski definition) is 5. The predicted molar refractivity (Wildman–Crippen MR) is 276 cm³/mol. The molecule has 3 N–H and O–H groups in total. The SMILES string of the molecule is CC/C=C\C/C=C\C/C=C\C/C=C\C/C=C\CCCCCCCCCCCCCCCCCCCC(=O)NC(COP(=O)(O)OCC[N+](C)(C)C)C(O)/C=C/CC/C=C/CCCCC. The van der Waals surface area contributed by atoms with E-state index in [2.05, 4.69) is 92.1 Å². The lowest BCUT2D eigenvalue weighted by atomic mass is 10.0. The van der Waals surface area contributed by atoms with Crippen molar-refractivity contribution in [3.05, 3.63) is 85.1 Å². The lowest BCUT2D eigenvalue weighted by Crippen LogP contribution is -2.45. The number of amides is 1. The minimum Gasteiger partial charge on any atom is -0.387 e. The number of hydrogen-bond donors (Lipinski definition) is 3. The number of aliphatic hydroxyl groups excluding tert-OH is 1. The molecule has 0 saturated carbocycles. The van der Waals surface area contributed by atoms with E-state index in [9.17, 15) is 19.4 Å². The van der Waals surface area contributed by atoms with Crippen LogP contribution in [0, 0.1) is 0 Å². The second-order valence-electron chi connectivity index (χ2n) is 18.5. The van der Waals surface area contributed by atoms with Crippen molar-refractivity contribution in [2.45, 2.75) is 219 Å². The minimum absolute atomic E-state index is 0.0536. The topological polar surface area (TPSA) is 105 Å². The number of carbonyl (C=O) groups excluding carboxylic acids is 1. The third-order valence-corrected chi connectivity index (χ3v) is 12.1. The Hall–Kier alpha value is -2.32. The van der Waals surface area contributed by atoms with Crippen molar-refractivity contribution in [2.24, 2.45) is 0 Å². The minimum atomic E-state index is -4.34. The maximum absolute atomic E-state index is 12.9. The van der Waals surface area contributed by atoms with Gasteiger partial charge in [0, 0.05) is 6.42 Å². The Bertz CT molecular complexity index is 1310. The zero-order chi connectivity index (χ0) is 47.1. The Balaban J connectivity index is 4.00. The van der Waals surface area contributed by atoms with Crippen molar-refractivity contribution in [3.8, 4) is 0 Å². The van der Waals surface area contributed by atoms with E-state index in [-0.39, 0.29) is 19.1 Å². The molecule has 3 unspecified atom stereocenters. The molecule has 3 atom stereocenters. The molecule has 1 amide bonds. The van der Waals surface area contributed by atoms with Crippen LogP contribution in [-0.4, -0.2) is 73.4 Å². The van der Waals surface area contributed by atoms with E-state index in [1.165, 1.54) is 116 Å². The molecule has 0 saturated heterocycles. The van der Waals surface area contributed by atoms with Crippen molar-refractivity contribution < 1.29 is 32.9 Å². The molecule has 8 nitrogen and oxygen atoms in total. The normalized spacial score (nSPS) is 14.8. The fourth-order valence-corrected chi connectivity index (χ4v) is 7.76. The standard InChI is InChI=1S/C55H99N2O6P/c1-6-8-10-12-14-16-17-18-19-20-21-22-23-24-25-26-27-28-29-30-31-32-33-34-35-36-37-38-39-41-43-45-47-49-55(59)56-53(52-63-64(60,61)62-51-50-57(3,4)5)54(58)48-46-44-42-40-15-13-11-9-7-2/h8,10,14-16,18-19,21-22,24-25,40,46,48,53-54,58H,6-7,9,11-13,17,20,23,26-39,41-45,47,49-52H2,1-5H3,(H-,56,59,60,61)/p+1/b10-8-,16-14-,19-18-,22-21-,25-24-,40-15+,48-46+. The highest BCUT2D eigenvalue weighted by atomic mass is 31.2. The van der Waals surface area contributed by atoms with Crippen LogP contribution < -0.4 is 5.32 Å². The first-order chi connectivity index (χ1) is 31.0. The lowest BCUT2D eigenvalue weighted by Gasteiger charge is -2.25. The average Bonchev–Trinajstić information content (AvgIpc) is 3.25. The van der Waals surface area contributed by atoms with E-state index in [1.807, 2.05) is 27.2 Å². The molecule has 0 bridgehead atoms. The molecule has 0 aromatic carbocycles. The first-order valence-electron chi connectivity index (χ1n) is 26.0. The van der Waals surface area contributed by atoms with Crippen molar-refractivity contribution in [3.63, 3.8) is 0 Å². The first-order valence-corrected chi connectivity index (χ1v) is 27.5. The fourth-order valence-electron chi connectivity index (χ4n) is 7.02. The molecular weight excluding hydrogens is 816 g/mol. The van der Waals surface area contributed by atoms with E-state index in [1.54, 1.807) is 6.08 Å². The second-order valence-corrected chi connectivity index (χ2v) is 20.0. The summed E-state index contributed by atoms with van der Waals surface area (Å²) in [5, 5.41) is 13.8. The molecule has 0 heterocycles. The Morgan fingerprint density at radius 3 is 1.44 bits per heavy atom. The van der Waals surface area contributed by atoms with Gasteiger partial charge in [0.15, 0.2) is 0 Å². The van der Waals surface area contributed by atoms with Crippen LogP contribution in [0.2, 0.25) is 0 Å². The number of phosphoric ester groups is 1. The largest absolute Gasteiger partial charge is 0.472 e. The number of rotatable bonds is 46. The summed E-state index contributed by atoms with van der Waals surface area (Å²) in [6.07, 6.45) is 64.1. The molecule has 0 aromatic heterocycles. The Morgan fingerprint density at radius 1 is 0.547 bits per heavy atom. The predicted octanol–water partition coefficient (Wildman–Crippen LogP) is 15.3.